The molecule has 1 aromatic heterocycles. The number of aromatic nitrogens is 2. The van der Waals surface area contributed by atoms with E-state index >= 15 is 0 Å². The molecule has 0 fully saturated rings. The Morgan fingerprint density at radius 3 is 2.13 bits per heavy atom. The van der Waals surface area contributed by atoms with Crippen molar-refractivity contribution < 1.29 is 9.59 Å². The van der Waals surface area contributed by atoms with E-state index in [1.54, 1.807) is 60.7 Å². The molecule has 152 valence electrons. The first-order chi connectivity index (χ1) is 15.0. The van der Waals surface area contributed by atoms with Crippen LogP contribution >= 0.6 is 23.2 Å². The highest BCUT2D eigenvalue weighted by Crippen LogP contribution is 2.27. The number of nitrogens with zero attached hydrogens (tertiary/aromatic N) is 3. The Morgan fingerprint density at radius 2 is 1.45 bits per heavy atom. The van der Waals surface area contributed by atoms with Crippen LogP contribution in [0.2, 0.25) is 10.0 Å². The van der Waals surface area contributed by atoms with E-state index in [1.807, 2.05) is 0 Å². The first-order valence-corrected chi connectivity index (χ1v) is 10.1. The number of rotatable bonds is 3. The van der Waals surface area contributed by atoms with Crippen molar-refractivity contribution in [3.63, 3.8) is 0 Å². The van der Waals surface area contributed by atoms with Gasteiger partial charge in [-0.25, -0.2) is 4.98 Å². The molecule has 1 aliphatic heterocycles. The van der Waals surface area contributed by atoms with Gasteiger partial charge in [0.1, 0.15) is 5.82 Å². The third-order valence-corrected chi connectivity index (χ3v) is 5.71. The van der Waals surface area contributed by atoms with Crippen molar-refractivity contribution in [2.24, 2.45) is 0 Å². The van der Waals surface area contributed by atoms with Gasteiger partial charge in [0.05, 0.1) is 39.3 Å². The minimum absolute atomic E-state index is 0.189. The van der Waals surface area contributed by atoms with E-state index in [-0.39, 0.29) is 23.0 Å². The topological polar surface area (TPSA) is 72.3 Å². The third kappa shape index (κ3) is 3.12. The van der Waals surface area contributed by atoms with Crippen LogP contribution in [0.3, 0.4) is 0 Å². The SMILES string of the molecule is O=C1c2ccccc2C(=O)N1Cc1nc2ccccc2c(=O)n1-c1ccc(Cl)cc1Cl. The molecule has 3 aromatic carbocycles. The summed E-state index contributed by atoms with van der Waals surface area (Å²) in [5.41, 5.74) is 1.11. The molecule has 2 amide bonds. The molecule has 4 aromatic rings. The summed E-state index contributed by atoms with van der Waals surface area (Å²) in [4.78, 5) is 44.8. The Balaban J connectivity index is 1.71. The molecule has 0 spiro atoms. The zero-order valence-electron chi connectivity index (χ0n) is 15.9. The molecule has 0 unspecified atom stereocenters. The summed E-state index contributed by atoms with van der Waals surface area (Å²) in [7, 11) is 0. The normalized spacial score (nSPS) is 13.2. The summed E-state index contributed by atoms with van der Waals surface area (Å²) in [6.07, 6.45) is 0. The minimum atomic E-state index is -0.434. The van der Waals surface area contributed by atoms with E-state index in [4.69, 9.17) is 23.2 Å². The van der Waals surface area contributed by atoms with E-state index in [1.165, 1.54) is 10.6 Å². The highest BCUT2D eigenvalue weighted by atomic mass is 35.5. The molecule has 2 heterocycles. The number of hydrogen-bond donors (Lipinski definition) is 0. The zero-order chi connectivity index (χ0) is 21.7. The molecule has 8 heteroatoms. The molecule has 0 N–H and O–H groups in total. The summed E-state index contributed by atoms with van der Waals surface area (Å²) in [5, 5.41) is 1.05. The molecular formula is C23H13Cl2N3O3. The Bertz CT molecular complexity index is 1430. The molecule has 1 aliphatic rings. The van der Waals surface area contributed by atoms with Gasteiger partial charge >= 0.3 is 0 Å². The number of imide groups is 1. The average molecular weight is 450 g/mol. The number of fused-ring (bicyclic) bond motifs is 2. The van der Waals surface area contributed by atoms with Crippen LogP contribution in [-0.4, -0.2) is 26.3 Å². The fourth-order valence-corrected chi connectivity index (χ4v) is 4.21. The second kappa shape index (κ2) is 7.34. The van der Waals surface area contributed by atoms with E-state index < -0.39 is 11.8 Å². The molecule has 0 bridgehead atoms. The van der Waals surface area contributed by atoms with Crippen LogP contribution < -0.4 is 5.56 Å². The van der Waals surface area contributed by atoms with Crippen LogP contribution in [0, 0.1) is 0 Å². The highest BCUT2D eigenvalue weighted by molar-refractivity contribution is 6.35. The quantitative estimate of drug-likeness (QED) is 0.432. The number of benzene rings is 3. The number of carbonyl (C=O) groups is 2. The summed E-state index contributed by atoms with van der Waals surface area (Å²) in [6.45, 7) is -0.189. The summed E-state index contributed by atoms with van der Waals surface area (Å²) in [5.74, 6) is -0.657. The number of para-hydroxylation sites is 1. The van der Waals surface area contributed by atoms with Gasteiger partial charge in [-0.3, -0.25) is 23.9 Å². The second-order valence-corrected chi connectivity index (χ2v) is 7.87. The zero-order valence-corrected chi connectivity index (χ0v) is 17.4. The highest BCUT2D eigenvalue weighted by Gasteiger charge is 2.36. The predicted molar refractivity (Wildman–Crippen MR) is 118 cm³/mol. The lowest BCUT2D eigenvalue weighted by Crippen LogP contribution is -2.33. The van der Waals surface area contributed by atoms with E-state index in [0.29, 0.717) is 32.7 Å². The van der Waals surface area contributed by atoms with Gasteiger partial charge in [0, 0.05) is 5.02 Å². The molecule has 6 nitrogen and oxygen atoms in total. The van der Waals surface area contributed by atoms with Gasteiger partial charge in [0.25, 0.3) is 17.4 Å². The van der Waals surface area contributed by atoms with Gasteiger partial charge < -0.3 is 0 Å². The van der Waals surface area contributed by atoms with Crippen molar-refractivity contribution in [2.45, 2.75) is 6.54 Å². The standard InChI is InChI=1S/C23H13Cl2N3O3/c24-13-9-10-19(17(25)11-13)28-20(26-18-8-4-3-7-16(18)23(28)31)12-27-21(29)14-5-1-2-6-15(14)22(27)30/h1-11H,12H2. The van der Waals surface area contributed by atoms with Crippen LogP contribution in [0.15, 0.2) is 71.5 Å². The molecule has 5 rings (SSSR count). The number of amides is 2. The Labute approximate surface area is 186 Å². The lowest BCUT2D eigenvalue weighted by Gasteiger charge is -2.19. The summed E-state index contributed by atoms with van der Waals surface area (Å²) in [6, 6.07) is 18.2. The molecule has 0 saturated carbocycles. The minimum Gasteiger partial charge on any atom is -0.269 e. The van der Waals surface area contributed by atoms with Gasteiger partial charge in [-0.2, -0.15) is 0 Å². The molecule has 31 heavy (non-hydrogen) atoms. The molecule has 0 aliphatic carbocycles. The number of halogens is 2. The average Bonchev–Trinajstić information content (AvgIpc) is 3.00. The van der Waals surface area contributed by atoms with Crippen LogP contribution in [0.25, 0.3) is 16.6 Å². The van der Waals surface area contributed by atoms with Gasteiger partial charge in [0.15, 0.2) is 0 Å². The van der Waals surface area contributed by atoms with Crippen LogP contribution in [-0.2, 0) is 6.54 Å². The monoisotopic (exact) mass is 449 g/mol. The maximum Gasteiger partial charge on any atom is 0.266 e. The Morgan fingerprint density at radius 1 is 0.806 bits per heavy atom. The first kappa shape index (κ1) is 19.5. The maximum atomic E-state index is 13.4. The lowest BCUT2D eigenvalue weighted by atomic mass is 10.1. The fourth-order valence-electron chi connectivity index (χ4n) is 3.72. The second-order valence-electron chi connectivity index (χ2n) is 7.02. The number of hydrogen-bond acceptors (Lipinski definition) is 4. The van der Waals surface area contributed by atoms with Crippen LogP contribution in [0.1, 0.15) is 26.5 Å². The molecule has 0 radical (unpaired) electrons. The van der Waals surface area contributed by atoms with Crippen molar-refractivity contribution in [3.8, 4) is 5.69 Å². The van der Waals surface area contributed by atoms with E-state index in [0.717, 1.165) is 4.90 Å². The number of carbonyl (C=O) groups excluding carboxylic acids is 2. The smallest absolute Gasteiger partial charge is 0.266 e. The predicted octanol–water partition coefficient (Wildman–Crippen LogP) is 4.49. The Kier molecular flexibility index (Phi) is 4.61. The maximum absolute atomic E-state index is 13.4. The van der Waals surface area contributed by atoms with E-state index in [9.17, 15) is 14.4 Å². The molecule has 0 atom stereocenters. The van der Waals surface area contributed by atoms with Crippen molar-refractivity contribution in [2.75, 3.05) is 0 Å². The van der Waals surface area contributed by atoms with Crippen molar-refractivity contribution in [1.29, 1.82) is 0 Å². The van der Waals surface area contributed by atoms with Gasteiger partial charge in [-0.1, -0.05) is 47.5 Å². The van der Waals surface area contributed by atoms with E-state index in [2.05, 4.69) is 4.98 Å². The van der Waals surface area contributed by atoms with Gasteiger partial charge in [0.2, 0.25) is 0 Å². The Hall–Kier alpha value is -3.48. The summed E-state index contributed by atoms with van der Waals surface area (Å²) < 4.78 is 1.32. The van der Waals surface area contributed by atoms with Crippen LogP contribution in [0.4, 0.5) is 0 Å². The fraction of sp³-hybridized carbons (Fsp3) is 0.0435. The van der Waals surface area contributed by atoms with Gasteiger partial charge in [-0.15, -0.1) is 0 Å². The first-order valence-electron chi connectivity index (χ1n) is 9.37. The van der Waals surface area contributed by atoms with Gasteiger partial charge in [-0.05, 0) is 42.5 Å². The lowest BCUT2D eigenvalue weighted by molar-refractivity contribution is 0.0637. The van der Waals surface area contributed by atoms with Crippen molar-refractivity contribution in [3.05, 3.63) is 104 Å². The van der Waals surface area contributed by atoms with Crippen molar-refractivity contribution in [1.82, 2.24) is 14.5 Å². The summed E-state index contributed by atoms with van der Waals surface area (Å²) >= 11 is 12.4. The van der Waals surface area contributed by atoms with Crippen molar-refractivity contribution >= 4 is 45.9 Å². The largest absolute Gasteiger partial charge is 0.269 e. The molecule has 0 saturated heterocycles. The third-order valence-electron chi connectivity index (χ3n) is 5.17. The van der Waals surface area contributed by atoms with Crippen LogP contribution in [0.5, 0.6) is 0 Å². The molecular weight excluding hydrogens is 437 g/mol.